The second kappa shape index (κ2) is 5.78. The van der Waals surface area contributed by atoms with E-state index in [9.17, 15) is 9.59 Å². The summed E-state index contributed by atoms with van der Waals surface area (Å²) in [6.45, 7) is 5.77. The summed E-state index contributed by atoms with van der Waals surface area (Å²) in [5.41, 5.74) is 1.33. The molecule has 1 atom stereocenters. The number of nitrogens with zero attached hydrogens (tertiary/aromatic N) is 1. The van der Waals surface area contributed by atoms with Crippen molar-refractivity contribution in [1.82, 2.24) is 10.3 Å². The van der Waals surface area contributed by atoms with Crippen molar-refractivity contribution in [2.45, 2.75) is 32.7 Å². The van der Waals surface area contributed by atoms with E-state index in [1.807, 2.05) is 39.1 Å². The molecule has 1 unspecified atom stereocenters. The predicted octanol–water partition coefficient (Wildman–Crippen LogP) is 2.44. The van der Waals surface area contributed by atoms with Crippen molar-refractivity contribution < 1.29 is 14.3 Å². The Labute approximate surface area is 140 Å². The number of hydrogen-bond acceptors (Lipinski definition) is 4. The molecule has 1 aromatic carbocycles. The molecule has 3 rings (SSSR count). The molecule has 24 heavy (non-hydrogen) atoms. The van der Waals surface area contributed by atoms with Crippen molar-refractivity contribution in [2.24, 2.45) is 10.9 Å². The standard InChI is InChI=1S/C18H21N3O3/c1-10(2)18(3)17(23)20-14(21-18)9-13-12(16(22)24-4)6-5-11-7-8-19-15(11)13/h5-8,10,19H,9H2,1-4H3,(H,20,21,23). The first kappa shape index (κ1) is 16.2. The van der Waals surface area contributed by atoms with E-state index in [0.717, 1.165) is 16.5 Å². The Morgan fingerprint density at radius 1 is 1.33 bits per heavy atom. The zero-order chi connectivity index (χ0) is 17.5. The van der Waals surface area contributed by atoms with E-state index in [4.69, 9.17) is 4.74 Å². The van der Waals surface area contributed by atoms with Gasteiger partial charge in [0, 0.05) is 18.1 Å². The molecule has 2 aromatic rings. The molecule has 1 aromatic heterocycles. The van der Waals surface area contributed by atoms with E-state index in [-0.39, 0.29) is 11.8 Å². The second-order valence-corrected chi connectivity index (χ2v) is 6.52. The topological polar surface area (TPSA) is 83.6 Å². The molecule has 6 nitrogen and oxygen atoms in total. The van der Waals surface area contributed by atoms with E-state index >= 15 is 0 Å². The SMILES string of the molecule is COC(=O)c1ccc2cc[nH]c2c1CC1=NC(C)(C(C)C)C(=O)N1. The first-order valence-corrected chi connectivity index (χ1v) is 7.94. The van der Waals surface area contributed by atoms with Gasteiger partial charge in [-0.15, -0.1) is 0 Å². The zero-order valence-electron chi connectivity index (χ0n) is 14.3. The first-order chi connectivity index (χ1) is 11.4. The van der Waals surface area contributed by atoms with Crippen molar-refractivity contribution in [3.8, 4) is 0 Å². The highest BCUT2D eigenvalue weighted by atomic mass is 16.5. The fourth-order valence-electron chi connectivity index (χ4n) is 2.93. The third kappa shape index (κ3) is 2.48. The molecule has 1 aliphatic heterocycles. The van der Waals surface area contributed by atoms with Gasteiger partial charge < -0.3 is 15.0 Å². The molecule has 6 heteroatoms. The van der Waals surface area contributed by atoms with Crippen molar-refractivity contribution in [1.29, 1.82) is 0 Å². The van der Waals surface area contributed by atoms with Crippen LogP contribution in [0.2, 0.25) is 0 Å². The molecule has 1 amide bonds. The number of H-pyrrole nitrogens is 1. The maximum absolute atomic E-state index is 12.3. The second-order valence-electron chi connectivity index (χ2n) is 6.52. The van der Waals surface area contributed by atoms with Crippen molar-refractivity contribution in [2.75, 3.05) is 7.11 Å². The van der Waals surface area contributed by atoms with Crippen LogP contribution in [-0.4, -0.2) is 35.3 Å². The predicted molar refractivity (Wildman–Crippen MR) is 92.2 cm³/mol. The fourth-order valence-corrected chi connectivity index (χ4v) is 2.93. The van der Waals surface area contributed by atoms with Crippen molar-refractivity contribution >= 4 is 28.6 Å². The maximum atomic E-state index is 12.3. The number of benzene rings is 1. The van der Waals surface area contributed by atoms with Gasteiger partial charge in [0.2, 0.25) is 0 Å². The summed E-state index contributed by atoms with van der Waals surface area (Å²) in [6, 6.07) is 5.55. The van der Waals surface area contributed by atoms with Gasteiger partial charge in [-0.3, -0.25) is 9.79 Å². The number of rotatable bonds is 4. The van der Waals surface area contributed by atoms with Crippen LogP contribution in [0.15, 0.2) is 29.4 Å². The lowest BCUT2D eigenvalue weighted by atomic mass is 9.89. The van der Waals surface area contributed by atoms with E-state index in [0.29, 0.717) is 17.8 Å². The molecule has 0 radical (unpaired) electrons. The average molecular weight is 327 g/mol. The van der Waals surface area contributed by atoms with E-state index in [1.54, 1.807) is 6.07 Å². The smallest absolute Gasteiger partial charge is 0.338 e. The highest BCUT2D eigenvalue weighted by Gasteiger charge is 2.41. The number of aromatic amines is 1. The molecular weight excluding hydrogens is 306 g/mol. The van der Waals surface area contributed by atoms with Crippen LogP contribution in [0.4, 0.5) is 0 Å². The van der Waals surface area contributed by atoms with Gasteiger partial charge in [-0.2, -0.15) is 0 Å². The van der Waals surface area contributed by atoms with Gasteiger partial charge >= 0.3 is 5.97 Å². The number of aliphatic imine (C=N–C) groups is 1. The summed E-state index contributed by atoms with van der Waals surface area (Å²) in [5, 5.41) is 3.86. The monoisotopic (exact) mass is 327 g/mol. The van der Waals surface area contributed by atoms with Gasteiger partial charge in [0.25, 0.3) is 5.91 Å². The average Bonchev–Trinajstić information content (AvgIpc) is 3.12. The van der Waals surface area contributed by atoms with Crippen LogP contribution in [-0.2, 0) is 16.0 Å². The maximum Gasteiger partial charge on any atom is 0.338 e. The molecule has 0 aliphatic carbocycles. The van der Waals surface area contributed by atoms with Crippen molar-refractivity contribution in [3.05, 3.63) is 35.5 Å². The van der Waals surface area contributed by atoms with Crippen LogP contribution in [0.25, 0.3) is 10.9 Å². The minimum Gasteiger partial charge on any atom is -0.465 e. The van der Waals surface area contributed by atoms with Gasteiger partial charge in [0.1, 0.15) is 11.4 Å². The molecule has 0 fully saturated rings. The number of amidine groups is 1. The molecule has 0 spiro atoms. The Hall–Kier alpha value is -2.63. The van der Waals surface area contributed by atoms with Crippen LogP contribution in [0.1, 0.15) is 36.7 Å². The Bertz CT molecular complexity index is 850. The molecule has 1 aliphatic rings. The summed E-state index contributed by atoms with van der Waals surface area (Å²) in [5.74, 6) is 0.142. The number of carbonyl (C=O) groups excluding carboxylic acids is 2. The molecular formula is C18H21N3O3. The Morgan fingerprint density at radius 2 is 2.08 bits per heavy atom. The third-order valence-corrected chi connectivity index (χ3v) is 4.79. The summed E-state index contributed by atoms with van der Waals surface area (Å²) < 4.78 is 4.89. The lowest BCUT2D eigenvalue weighted by molar-refractivity contribution is -0.124. The molecule has 126 valence electrons. The largest absolute Gasteiger partial charge is 0.465 e. The Balaban J connectivity index is 2.05. The molecule has 2 heterocycles. The number of ether oxygens (including phenoxy) is 1. The number of carbonyl (C=O) groups is 2. The highest BCUT2D eigenvalue weighted by molar-refractivity contribution is 6.10. The van der Waals surface area contributed by atoms with Crippen LogP contribution < -0.4 is 5.32 Å². The van der Waals surface area contributed by atoms with Gasteiger partial charge in [-0.05, 0) is 35.9 Å². The molecule has 0 saturated carbocycles. The van der Waals surface area contributed by atoms with Crippen LogP contribution >= 0.6 is 0 Å². The van der Waals surface area contributed by atoms with Crippen LogP contribution in [0.5, 0.6) is 0 Å². The third-order valence-electron chi connectivity index (χ3n) is 4.79. The number of amides is 1. The quantitative estimate of drug-likeness (QED) is 0.846. The van der Waals surface area contributed by atoms with E-state index < -0.39 is 11.5 Å². The lowest BCUT2D eigenvalue weighted by Crippen LogP contribution is -2.41. The number of methoxy groups -OCH3 is 1. The van der Waals surface area contributed by atoms with E-state index in [1.165, 1.54) is 7.11 Å². The summed E-state index contributed by atoms with van der Waals surface area (Å²) in [7, 11) is 1.36. The van der Waals surface area contributed by atoms with Gasteiger partial charge in [-0.1, -0.05) is 19.9 Å². The van der Waals surface area contributed by atoms with Gasteiger partial charge in [0.15, 0.2) is 0 Å². The zero-order valence-corrected chi connectivity index (χ0v) is 14.3. The minimum absolute atomic E-state index is 0.0800. The molecule has 0 bridgehead atoms. The molecule has 0 saturated heterocycles. The molecule has 2 N–H and O–H groups in total. The number of aromatic nitrogens is 1. The van der Waals surface area contributed by atoms with Crippen LogP contribution in [0, 0.1) is 5.92 Å². The highest BCUT2D eigenvalue weighted by Crippen LogP contribution is 2.28. The number of esters is 1. The lowest BCUT2D eigenvalue weighted by Gasteiger charge is -2.21. The van der Waals surface area contributed by atoms with Gasteiger partial charge in [-0.25, -0.2) is 4.79 Å². The van der Waals surface area contributed by atoms with Crippen LogP contribution in [0.3, 0.4) is 0 Å². The number of fused-ring (bicyclic) bond motifs is 1. The van der Waals surface area contributed by atoms with Gasteiger partial charge in [0.05, 0.1) is 12.7 Å². The normalized spacial score (nSPS) is 20.4. The fraction of sp³-hybridized carbons (Fsp3) is 0.389. The Kier molecular flexibility index (Phi) is 3.91. The summed E-state index contributed by atoms with van der Waals surface area (Å²) >= 11 is 0. The first-order valence-electron chi connectivity index (χ1n) is 7.94. The Morgan fingerprint density at radius 3 is 2.71 bits per heavy atom. The number of nitrogens with one attached hydrogen (secondary N) is 2. The minimum atomic E-state index is -0.773. The summed E-state index contributed by atoms with van der Waals surface area (Å²) in [4.78, 5) is 32.2. The van der Waals surface area contributed by atoms with Crippen molar-refractivity contribution in [3.63, 3.8) is 0 Å². The van der Waals surface area contributed by atoms with E-state index in [2.05, 4.69) is 15.3 Å². The number of hydrogen-bond donors (Lipinski definition) is 2. The summed E-state index contributed by atoms with van der Waals surface area (Å²) in [6.07, 6.45) is 2.18.